The first-order valence-electron chi connectivity index (χ1n) is 5.70. The van der Waals surface area contributed by atoms with E-state index in [0.717, 1.165) is 6.26 Å². The topological polar surface area (TPSA) is 89.9 Å². The van der Waals surface area contributed by atoms with Crippen LogP contribution in [0.15, 0.2) is 23.1 Å². The summed E-state index contributed by atoms with van der Waals surface area (Å²) in [4.78, 5) is 11.2. The molecule has 1 N–H and O–H groups in total. The molecule has 0 fully saturated rings. The minimum Gasteiger partial charge on any atom is -0.481 e. The molecule has 2 atom stereocenters. The molecule has 1 rings (SSSR count). The van der Waals surface area contributed by atoms with Gasteiger partial charge in [-0.15, -0.1) is 0 Å². The molecule has 2 unspecified atom stereocenters. The van der Waals surface area contributed by atoms with Crippen molar-refractivity contribution in [3.05, 3.63) is 23.1 Å². The van der Waals surface area contributed by atoms with Crippen LogP contribution in [-0.4, -0.2) is 44.8 Å². The Hall–Kier alpha value is -1.18. The summed E-state index contributed by atoms with van der Waals surface area (Å²) in [5.74, 6) is -4.27. The van der Waals surface area contributed by atoms with E-state index in [-0.39, 0.29) is 4.91 Å². The van der Waals surface area contributed by atoms with Gasteiger partial charge in [-0.25, -0.2) is 8.42 Å². The Bertz CT molecular complexity index is 516. The van der Waals surface area contributed by atoms with Crippen molar-refractivity contribution in [1.82, 2.24) is 0 Å². The Balaban J connectivity index is 3.47. The molecule has 0 amide bonds. The van der Waals surface area contributed by atoms with Crippen LogP contribution in [0.5, 0.6) is 0 Å². The van der Waals surface area contributed by atoms with Crippen LogP contribution in [0, 0.1) is 5.92 Å². The molecular weight excluding hydrogens is 272 g/mol. The van der Waals surface area contributed by atoms with Crippen LogP contribution in [0.1, 0.15) is 13.8 Å². The van der Waals surface area contributed by atoms with E-state index in [1.807, 2.05) is 0 Å². The summed E-state index contributed by atoms with van der Waals surface area (Å²) in [6.45, 7) is 3.36. The van der Waals surface area contributed by atoms with Gasteiger partial charge in [0, 0.05) is 13.4 Å². The Morgan fingerprint density at radius 2 is 2.05 bits per heavy atom. The lowest BCUT2D eigenvalue weighted by atomic mass is 9.93. The van der Waals surface area contributed by atoms with Crippen molar-refractivity contribution in [2.75, 3.05) is 13.4 Å². The summed E-state index contributed by atoms with van der Waals surface area (Å²) < 4.78 is 34.5. The van der Waals surface area contributed by atoms with E-state index in [2.05, 4.69) is 0 Å². The molecule has 0 heterocycles. The van der Waals surface area contributed by atoms with Gasteiger partial charge in [0.25, 0.3) is 0 Å². The molecule has 1 aliphatic carbocycles. The van der Waals surface area contributed by atoms with Crippen LogP contribution in [0.3, 0.4) is 0 Å². The van der Waals surface area contributed by atoms with Gasteiger partial charge in [0.15, 0.2) is 9.84 Å². The van der Waals surface area contributed by atoms with Crippen LogP contribution >= 0.6 is 0 Å². The summed E-state index contributed by atoms with van der Waals surface area (Å²) in [6.07, 6.45) is 4.63. The second-order valence-corrected chi connectivity index (χ2v) is 6.53. The second-order valence-electron chi connectivity index (χ2n) is 4.54. The zero-order chi connectivity index (χ0) is 14.8. The van der Waals surface area contributed by atoms with Gasteiger partial charge < -0.3 is 14.6 Å². The highest BCUT2D eigenvalue weighted by Crippen LogP contribution is 2.39. The maximum atomic E-state index is 11.9. The number of hydrogen-bond acceptors (Lipinski definition) is 5. The molecule has 0 spiro atoms. The molecule has 0 aromatic carbocycles. The number of rotatable bonds is 5. The van der Waals surface area contributed by atoms with E-state index >= 15 is 0 Å². The van der Waals surface area contributed by atoms with Gasteiger partial charge in [0.2, 0.25) is 5.79 Å². The van der Waals surface area contributed by atoms with E-state index in [1.165, 1.54) is 25.3 Å². The maximum absolute atomic E-state index is 11.9. The van der Waals surface area contributed by atoms with E-state index in [4.69, 9.17) is 9.47 Å². The summed E-state index contributed by atoms with van der Waals surface area (Å²) >= 11 is 0. The minimum absolute atomic E-state index is 0.189. The zero-order valence-corrected chi connectivity index (χ0v) is 12.1. The molecule has 0 bridgehead atoms. The fourth-order valence-corrected chi connectivity index (χ4v) is 3.14. The summed E-state index contributed by atoms with van der Waals surface area (Å²) in [5.41, 5.74) is 0. The first-order valence-corrected chi connectivity index (χ1v) is 7.59. The third-order valence-corrected chi connectivity index (χ3v) is 3.90. The molecule has 0 aromatic heterocycles. The number of hydrogen-bond donors (Lipinski definition) is 1. The first-order chi connectivity index (χ1) is 8.65. The molecule has 108 valence electrons. The van der Waals surface area contributed by atoms with Gasteiger partial charge in [-0.05, 0) is 19.9 Å². The van der Waals surface area contributed by atoms with Crippen molar-refractivity contribution in [3.8, 4) is 0 Å². The highest BCUT2D eigenvalue weighted by molar-refractivity contribution is 7.94. The van der Waals surface area contributed by atoms with Gasteiger partial charge in [0.1, 0.15) is 10.8 Å². The van der Waals surface area contributed by atoms with Crippen molar-refractivity contribution < 1.29 is 27.8 Å². The lowest BCUT2D eigenvalue weighted by Gasteiger charge is -2.39. The summed E-state index contributed by atoms with van der Waals surface area (Å²) in [5, 5.41) is 9.27. The average molecular weight is 290 g/mol. The van der Waals surface area contributed by atoms with Crippen LogP contribution in [-0.2, 0) is 24.1 Å². The summed E-state index contributed by atoms with van der Waals surface area (Å²) in [6, 6.07) is 0. The average Bonchev–Trinajstić information content (AvgIpc) is 2.26. The van der Waals surface area contributed by atoms with Crippen molar-refractivity contribution in [2.45, 2.75) is 25.7 Å². The molecule has 0 aliphatic heterocycles. The number of sulfone groups is 1. The zero-order valence-electron chi connectivity index (χ0n) is 11.3. The fourth-order valence-electron chi connectivity index (χ4n) is 2.03. The van der Waals surface area contributed by atoms with Gasteiger partial charge in [-0.3, -0.25) is 4.79 Å². The quantitative estimate of drug-likeness (QED) is 0.758. The normalized spacial score (nSPS) is 27.4. The SMILES string of the molecule is COC1(OC(C)C)C(S(C)(=O)=O)=CC=CC1C(=O)O. The van der Waals surface area contributed by atoms with Gasteiger partial charge in [0.05, 0.1) is 6.10 Å². The van der Waals surface area contributed by atoms with Crippen molar-refractivity contribution in [2.24, 2.45) is 5.92 Å². The Morgan fingerprint density at radius 1 is 1.47 bits per heavy atom. The first kappa shape index (κ1) is 15.9. The van der Waals surface area contributed by atoms with Gasteiger partial charge in [-0.1, -0.05) is 12.2 Å². The Morgan fingerprint density at radius 3 is 2.42 bits per heavy atom. The molecule has 19 heavy (non-hydrogen) atoms. The van der Waals surface area contributed by atoms with E-state index < -0.39 is 33.6 Å². The highest BCUT2D eigenvalue weighted by atomic mass is 32.2. The third-order valence-electron chi connectivity index (χ3n) is 2.68. The third kappa shape index (κ3) is 3.05. The Kier molecular flexibility index (Phi) is 4.54. The smallest absolute Gasteiger partial charge is 0.316 e. The van der Waals surface area contributed by atoms with Crippen molar-refractivity contribution in [3.63, 3.8) is 0 Å². The summed E-state index contributed by atoms with van der Waals surface area (Å²) in [7, 11) is -2.43. The van der Waals surface area contributed by atoms with Crippen LogP contribution in [0.4, 0.5) is 0 Å². The second kappa shape index (κ2) is 5.44. The van der Waals surface area contributed by atoms with Crippen LogP contribution in [0.2, 0.25) is 0 Å². The van der Waals surface area contributed by atoms with E-state index in [1.54, 1.807) is 13.8 Å². The lowest BCUT2D eigenvalue weighted by Crippen LogP contribution is -2.51. The number of carboxylic acids is 1. The molecule has 0 radical (unpaired) electrons. The highest BCUT2D eigenvalue weighted by Gasteiger charge is 2.52. The largest absolute Gasteiger partial charge is 0.481 e. The molecular formula is C12H18O6S. The molecule has 6 nitrogen and oxygen atoms in total. The monoisotopic (exact) mass is 290 g/mol. The van der Waals surface area contributed by atoms with Gasteiger partial charge in [-0.2, -0.15) is 0 Å². The number of methoxy groups -OCH3 is 1. The molecule has 1 aliphatic rings. The van der Waals surface area contributed by atoms with Crippen molar-refractivity contribution >= 4 is 15.8 Å². The lowest BCUT2D eigenvalue weighted by molar-refractivity contribution is -0.235. The number of aliphatic carboxylic acids is 1. The fraction of sp³-hybridized carbons (Fsp3) is 0.583. The maximum Gasteiger partial charge on any atom is 0.316 e. The molecule has 0 aromatic rings. The predicted octanol–water partition coefficient (Wildman–Crippen LogP) is 0.953. The predicted molar refractivity (Wildman–Crippen MR) is 69.2 cm³/mol. The van der Waals surface area contributed by atoms with Crippen LogP contribution in [0.25, 0.3) is 0 Å². The number of ether oxygens (including phenoxy) is 2. The molecule has 0 saturated carbocycles. The Labute approximate surface area is 112 Å². The number of allylic oxidation sites excluding steroid dienone is 2. The van der Waals surface area contributed by atoms with Gasteiger partial charge >= 0.3 is 5.97 Å². The molecule has 7 heteroatoms. The minimum atomic E-state index is -3.66. The number of carboxylic acid groups (broad SMARTS) is 1. The van der Waals surface area contributed by atoms with Crippen LogP contribution < -0.4 is 0 Å². The standard InChI is InChI=1S/C12H18O6S/c1-8(2)18-12(17-3)9(11(13)14)6-5-7-10(12)19(4,15)16/h5-9H,1-4H3,(H,13,14). The van der Waals surface area contributed by atoms with Crippen molar-refractivity contribution in [1.29, 1.82) is 0 Å². The molecule has 0 saturated heterocycles. The van der Waals surface area contributed by atoms with E-state index in [0.29, 0.717) is 0 Å². The van der Waals surface area contributed by atoms with E-state index in [9.17, 15) is 18.3 Å². The number of carbonyl (C=O) groups is 1.